The van der Waals surface area contributed by atoms with Crippen molar-refractivity contribution in [3.63, 3.8) is 0 Å². The zero-order chi connectivity index (χ0) is 23.3. The zero-order valence-corrected chi connectivity index (χ0v) is 17.6. The van der Waals surface area contributed by atoms with Gasteiger partial charge in [0.2, 0.25) is 5.78 Å². The van der Waals surface area contributed by atoms with E-state index >= 15 is 0 Å². The van der Waals surface area contributed by atoms with Crippen LogP contribution in [0.5, 0.6) is 5.75 Å². The highest BCUT2D eigenvalue weighted by Crippen LogP contribution is 2.65. The number of ketones is 3. The summed E-state index contributed by atoms with van der Waals surface area (Å²) in [5, 5.41) is 55.3. The summed E-state index contributed by atoms with van der Waals surface area (Å²) in [6.45, 7) is 5.58. The van der Waals surface area contributed by atoms with Crippen LogP contribution in [0, 0.1) is 10.8 Å². The Morgan fingerprint density at radius 1 is 1.13 bits per heavy atom. The molecule has 1 saturated carbocycles. The number of fused-ring (bicyclic) bond motifs is 3. The molecule has 0 aliphatic heterocycles. The van der Waals surface area contributed by atoms with Crippen molar-refractivity contribution in [3.05, 3.63) is 46.2 Å². The molecule has 0 saturated heterocycles. The molecule has 1 fully saturated rings. The first-order valence-corrected chi connectivity index (χ1v) is 9.95. The number of phenols is 1. The molecule has 164 valence electrons. The fourth-order valence-corrected chi connectivity index (χ4v) is 5.82. The molecule has 4 rings (SSSR count). The molecule has 0 bridgehead atoms. The Hall–Kier alpha value is -2.97. The maximum atomic E-state index is 13.8. The van der Waals surface area contributed by atoms with Crippen molar-refractivity contribution in [2.24, 2.45) is 10.8 Å². The topological polar surface area (TPSA) is 152 Å². The van der Waals surface area contributed by atoms with Gasteiger partial charge in [-0.3, -0.25) is 14.4 Å². The molecule has 3 aliphatic rings. The summed E-state index contributed by atoms with van der Waals surface area (Å²) >= 11 is 0. The van der Waals surface area contributed by atoms with Crippen molar-refractivity contribution in [1.82, 2.24) is 0 Å². The van der Waals surface area contributed by atoms with Crippen LogP contribution < -0.4 is 0 Å². The van der Waals surface area contributed by atoms with Crippen LogP contribution in [-0.4, -0.2) is 54.6 Å². The first-order chi connectivity index (χ1) is 14.3. The Kier molecular flexibility index (Phi) is 4.15. The molecule has 8 nitrogen and oxygen atoms in total. The van der Waals surface area contributed by atoms with Crippen LogP contribution in [0.3, 0.4) is 0 Å². The molecule has 0 spiro atoms. The first kappa shape index (κ1) is 21.3. The van der Waals surface area contributed by atoms with E-state index in [0.717, 1.165) is 6.92 Å². The van der Waals surface area contributed by atoms with E-state index in [9.17, 15) is 39.9 Å². The van der Waals surface area contributed by atoms with Crippen molar-refractivity contribution >= 4 is 23.1 Å². The number of aliphatic hydroxyl groups is 4. The third-order valence-electron chi connectivity index (χ3n) is 7.74. The van der Waals surface area contributed by atoms with Gasteiger partial charge in [0, 0.05) is 17.3 Å². The van der Waals surface area contributed by atoms with Crippen molar-refractivity contribution in [2.75, 3.05) is 0 Å². The summed E-state index contributed by atoms with van der Waals surface area (Å²) in [6, 6.07) is 4.55. The Balaban J connectivity index is 2.13. The van der Waals surface area contributed by atoms with Crippen LogP contribution in [-0.2, 0) is 14.4 Å². The van der Waals surface area contributed by atoms with Gasteiger partial charge in [0.1, 0.15) is 22.8 Å². The van der Waals surface area contributed by atoms with Crippen LogP contribution >= 0.6 is 0 Å². The number of rotatable bonds is 1. The number of carbonyl (C=O) groups is 3. The second kappa shape index (κ2) is 6.05. The smallest absolute Gasteiger partial charge is 0.203 e. The number of benzene rings is 1. The molecular weight excluding hydrogens is 404 g/mol. The highest BCUT2D eigenvalue weighted by Gasteiger charge is 2.74. The quantitative estimate of drug-likeness (QED) is 0.425. The number of allylic oxidation sites excluding steroid dienone is 1. The highest BCUT2D eigenvalue weighted by atomic mass is 16.4. The molecule has 31 heavy (non-hydrogen) atoms. The van der Waals surface area contributed by atoms with E-state index in [0.29, 0.717) is 5.56 Å². The van der Waals surface area contributed by atoms with Crippen LogP contribution in [0.4, 0.5) is 0 Å². The van der Waals surface area contributed by atoms with E-state index in [-0.39, 0.29) is 16.9 Å². The van der Waals surface area contributed by atoms with Gasteiger partial charge in [-0.15, -0.1) is 0 Å². The molecular formula is C23H24O8. The maximum absolute atomic E-state index is 13.8. The molecule has 0 heterocycles. The summed E-state index contributed by atoms with van der Waals surface area (Å²) in [5.74, 6) is -5.39. The summed E-state index contributed by atoms with van der Waals surface area (Å²) in [7, 11) is 0. The molecule has 0 radical (unpaired) electrons. The van der Waals surface area contributed by atoms with Gasteiger partial charge in [-0.2, -0.15) is 0 Å². The average Bonchev–Trinajstić information content (AvgIpc) is 2.68. The Morgan fingerprint density at radius 2 is 1.74 bits per heavy atom. The number of aromatic hydroxyl groups is 1. The fourth-order valence-electron chi connectivity index (χ4n) is 5.82. The lowest BCUT2D eigenvalue weighted by Crippen LogP contribution is -2.72. The largest absolute Gasteiger partial charge is 0.508 e. The fraction of sp³-hybridized carbons (Fsp3) is 0.435. The highest BCUT2D eigenvalue weighted by molar-refractivity contribution is 6.23. The van der Waals surface area contributed by atoms with Crippen molar-refractivity contribution in [2.45, 2.75) is 51.7 Å². The Bertz CT molecular complexity index is 1140. The molecule has 0 unspecified atom stereocenters. The predicted molar refractivity (Wildman–Crippen MR) is 108 cm³/mol. The lowest BCUT2D eigenvalue weighted by Gasteiger charge is -2.60. The van der Waals surface area contributed by atoms with Gasteiger partial charge in [0.05, 0.1) is 17.2 Å². The van der Waals surface area contributed by atoms with E-state index in [2.05, 4.69) is 0 Å². The summed E-state index contributed by atoms with van der Waals surface area (Å²) < 4.78 is 0. The third kappa shape index (κ3) is 2.14. The molecule has 1 aromatic carbocycles. The number of carbonyl (C=O) groups excluding carboxylic acids is 3. The average molecular weight is 428 g/mol. The summed E-state index contributed by atoms with van der Waals surface area (Å²) in [5.41, 5.74) is -6.73. The van der Waals surface area contributed by atoms with Gasteiger partial charge >= 0.3 is 0 Å². The molecule has 1 aromatic rings. The van der Waals surface area contributed by atoms with E-state index in [1.54, 1.807) is 19.1 Å². The first-order valence-electron chi connectivity index (χ1n) is 9.95. The maximum Gasteiger partial charge on any atom is 0.203 e. The van der Waals surface area contributed by atoms with Crippen molar-refractivity contribution < 1.29 is 39.9 Å². The second-order valence-electron chi connectivity index (χ2n) is 9.21. The van der Waals surface area contributed by atoms with Gasteiger partial charge in [0.15, 0.2) is 17.2 Å². The molecule has 5 atom stereocenters. The van der Waals surface area contributed by atoms with Crippen LogP contribution in [0.1, 0.15) is 51.2 Å². The van der Waals surface area contributed by atoms with Gasteiger partial charge in [-0.05, 0) is 24.5 Å². The minimum absolute atomic E-state index is 0.00243. The predicted octanol–water partition coefficient (Wildman–Crippen LogP) is 1.84. The van der Waals surface area contributed by atoms with E-state index in [4.69, 9.17) is 0 Å². The molecule has 8 heteroatoms. The number of hydrogen-bond donors (Lipinski definition) is 5. The zero-order valence-electron chi connectivity index (χ0n) is 17.6. The van der Waals surface area contributed by atoms with Crippen LogP contribution in [0.15, 0.2) is 35.1 Å². The third-order valence-corrected chi connectivity index (χ3v) is 7.74. The number of Topliss-reactive ketones (excluding diaryl/α,β-unsaturated/α-hetero) is 3. The van der Waals surface area contributed by atoms with E-state index < -0.39 is 69.3 Å². The van der Waals surface area contributed by atoms with E-state index in [1.165, 1.54) is 19.9 Å². The normalized spacial score (nSPS) is 37.4. The van der Waals surface area contributed by atoms with Gasteiger partial charge in [-0.25, -0.2) is 0 Å². The Labute approximate surface area is 178 Å². The SMILES string of the molecule is CC(=O)C1=C(O)[C@]2(O)C(=O)C3=C(O)c4c(O)cccc4[C@@H](C)[C@]3(C)[C@@H](O)[C@]2(C)CC1=O. The van der Waals surface area contributed by atoms with Crippen LogP contribution in [0.25, 0.3) is 5.76 Å². The summed E-state index contributed by atoms with van der Waals surface area (Å²) in [6.07, 6.45) is -2.14. The number of phenolic OH excluding ortho intramolecular Hbond substituents is 1. The lowest BCUT2D eigenvalue weighted by molar-refractivity contribution is -0.197. The lowest BCUT2D eigenvalue weighted by atomic mass is 9.44. The monoisotopic (exact) mass is 428 g/mol. The van der Waals surface area contributed by atoms with Gasteiger partial charge in [-0.1, -0.05) is 32.9 Å². The number of hydrogen-bond acceptors (Lipinski definition) is 8. The molecule has 5 N–H and O–H groups in total. The standard InChI is InChI=1S/C23H24O8/c1-9-11-6-5-7-12(25)15(11)17(27)16-19(29)23(31)18(28)14(10(2)24)13(26)8-21(23,3)20(30)22(9,16)4/h5-7,9,20,25,27-28,30-31H,8H2,1-4H3/t9-,20+,21+,22+,23+/m1/s1. The van der Waals surface area contributed by atoms with Crippen molar-refractivity contribution in [3.8, 4) is 5.75 Å². The number of aliphatic hydroxyl groups excluding tert-OH is 3. The minimum atomic E-state index is -2.81. The van der Waals surface area contributed by atoms with Crippen molar-refractivity contribution in [1.29, 1.82) is 0 Å². The Morgan fingerprint density at radius 3 is 2.32 bits per heavy atom. The van der Waals surface area contributed by atoms with Gasteiger partial charge < -0.3 is 25.5 Å². The molecule has 3 aliphatic carbocycles. The van der Waals surface area contributed by atoms with Gasteiger partial charge in [0.25, 0.3) is 0 Å². The van der Waals surface area contributed by atoms with E-state index in [1.807, 2.05) is 0 Å². The molecule has 0 aromatic heterocycles. The summed E-state index contributed by atoms with van der Waals surface area (Å²) in [4.78, 5) is 38.4. The second-order valence-corrected chi connectivity index (χ2v) is 9.21. The minimum Gasteiger partial charge on any atom is -0.508 e. The van der Waals surface area contributed by atoms with Crippen LogP contribution in [0.2, 0.25) is 0 Å². The molecule has 0 amide bonds.